The van der Waals surface area contributed by atoms with Crippen LogP contribution < -0.4 is 16.0 Å². The molecule has 1 unspecified atom stereocenters. The molecule has 3 aromatic rings. The van der Waals surface area contributed by atoms with E-state index in [0.717, 1.165) is 47.5 Å². The monoisotopic (exact) mass is 553 g/mol. The van der Waals surface area contributed by atoms with Crippen molar-refractivity contribution >= 4 is 68.7 Å². The first-order valence-electron chi connectivity index (χ1n) is 12.4. The molecule has 37 heavy (non-hydrogen) atoms. The van der Waals surface area contributed by atoms with E-state index < -0.39 is 0 Å². The summed E-state index contributed by atoms with van der Waals surface area (Å²) >= 11 is 8.41. The second-order valence-corrected chi connectivity index (χ2v) is 11.8. The fraction of sp³-hybridized carbons (Fsp3) is 0.321. The molecule has 0 radical (unpaired) electrons. The van der Waals surface area contributed by atoms with Gasteiger partial charge in [0.1, 0.15) is 5.00 Å². The van der Waals surface area contributed by atoms with E-state index in [4.69, 9.17) is 17.0 Å². The number of anilines is 3. The molecule has 3 N–H and O–H groups in total. The van der Waals surface area contributed by atoms with Crippen molar-refractivity contribution in [1.82, 2.24) is 0 Å². The number of hydrogen-bond acceptors (Lipinski definition) is 6. The molecule has 0 saturated heterocycles. The molecule has 0 aliphatic heterocycles. The van der Waals surface area contributed by atoms with Crippen molar-refractivity contribution in [3.63, 3.8) is 0 Å². The minimum Gasteiger partial charge on any atom is -0.462 e. The van der Waals surface area contributed by atoms with Gasteiger partial charge in [-0.2, -0.15) is 0 Å². The number of thiocarbonyl (C=S) groups is 1. The first-order chi connectivity index (χ1) is 17.8. The van der Waals surface area contributed by atoms with Crippen LogP contribution in [0.25, 0.3) is 0 Å². The number of amides is 1. The maximum atomic E-state index is 13.1. The minimum atomic E-state index is -0.373. The molecule has 0 bridgehead atoms. The lowest BCUT2D eigenvalue weighted by atomic mass is 9.95. The summed E-state index contributed by atoms with van der Waals surface area (Å²) < 4.78 is 5.31. The maximum Gasteiger partial charge on any atom is 0.341 e. The molecular weight excluding hydrogens is 523 g/mol. The number of fused-ring (bicyclic) bond motifs is 1. The molecule has 1 amide bonds. The highest BCUT2D eigenvalue weighted by Gasteiger charge is 2.28. The number of rotatable bonds is 8. The van der Waals surface area contributed by atoms with Gasteiger partial charge in [-0.25, -0.2) is 4.79 Å². The van der Waals surface area contributed by atoms with Crippen LogP contribution in [0.4, 0.5) is 16.4 Å². The summed E-state index contributed by atoms with van der Waals surface area (Å²) in [7, 11) is 0. The van der Waals surface area contributed by atoms with Crippen LogP contribution in [0, 0.1) is 6.92 Å². The van der Waals surface area contributed by atoms with Crippen molar-refractivity contribution in [3.05, 3.63) is 70.1 Å². The van der Waals surface area contributed by atoms with E-state index in [1.54, 1.807) is 6.92 Å². The molecule has 0 saturated carbocycles. The van der Waals surface area contributed by atoms with Crippen LogP contribution in [0.5, 0.6) is 0 Å². The van der Waals surface area contributed by atoms with Crippen LogP contribution in [-0.2, 0) is 22.4 Å². The van der Waals surface area contributed by atoms with E-state index in [-0.39, 0.29) is 17.1 Å². The summed E-state index contributed by atoms with van der Waals surface area (Å²) in [5, 5.41) is 10.1. The molecule has 194 valence electrons. The summed E-state index contributed by atoms with van der Waals surface area (Å²) in [6.07, 6.45) is 3.93. The number of benzene rings is 2. The normalized spacial score (nSPS) is 13.3. The Balaban J connectivity index is 1.39. The van der Waals surface area contributed by atoms with E-state index in [2.05, 4.69) is 16.0 Å². The number of thioether (sulfide) groups is 1. The van der Waals surface area contributed by atoms with Gasteiger partial charge in [0, 0.05) is 21.1 Å². The van der Waals surface area contributed by atoms with Crippen LogP contribution in [0.1, 0.15) is 53.1 Å². The third kappa shape index (κ3) is 7.12. The quantitative estimate of drug-likeness (QED) is 0.157. The molecule has 1 aliphatic rings. The van der Waals surface area contributed by atoms with Crippen LogP contribution in [0.3, 0.4) is 0 Å². The average molecular weight is 554 g/mol. The van der Waals surface area contributed by atoms with E-state index in [1.807, 2.05) is 62.4 Å². The van der Waals surface area contributed by atoms with Gasteiger partial charge in [0.05, 0.1) is 17.4 Å². The fourth-order valence-electron chi connectivity index (χ4n) is 4.12. The zero-order valence-electron chi connectivity index (χ0n) is 21.2. The third-order valence-corrected chi connectivity index (χ3v) is 8.48. The first-order valence-corrected chi connectivity index (χ1v) is 14.5. The molecule has 1 aromatic heterocycles. The summed E-state index contributed by atoms with van der Waals surface area (Å²) in [5.41, 5.74) is 4.50. The van der Waals surface area contributed by atoms with Gasteiger partial charge in [0.15, 0.2) is 5.11 Å². The molecule has 2 aromatic carbocycles. The lowest BCUT2D eigenvalue weighted by Crippen LogP contribution is -2.23. The van der Waals surface area contributed by atoms with Gasteiger partial charge in [-0.3, -0.25) is 4.79 Å². The number of ether oxygens (including phenoxy) is 1. The van der Waals surface area contributed by atoms with Gasteiger partial charge in [-0.1, -0.05) is 23.8 Å². The number of hydrogen-bond donors (Lipinski definition) is 3. The molecular formula is C28H31N3O3S3. The molecule has 1 heterocycles. The largest absolute Gasteiger partial charge is 0.462 e. The SMILES string of the molecule is CCOC(=O)c1c(NC(=O)C(C)Sc2cccc(NC(=S)Nc3ccc(C)cc3)c2)sc2c1CCCC2. The van der Waals surface area contributed by atoms with E-state index in [9.17, 15) is 9.59 Å². The van der Waals surface area contributed by atoms with Crippen LogP contribution in [0.2, 0.25) is 0 Å². The molecule has 0 fully saturated rings. The zero-order valence-corrected chi connectivity index (χ0v) is 23.6. The maximum absolute atomic E-state index is 13.1. The first kappa shape index (κ1) is 27.2. The topological polar surface area (TPSA) is 79.5 Å². The number of esters is 1. The highest BCUT2D eigenvalue weighted by atomic mass is 32.2. The van der Waals surface area contributed by atoms with Crippen molar-refractivity contribution in [1.29, 1.82) is 0 Å². The van der Waals surface area contributed by atoms with Crippen molar-refractivity contribution in [2.24, 2.45) is 0 Å². The Bertz CT molecular complexity index is 1290. The van der Waals surface area contributed by atoms with Gasteiger partial charge in [0.25, 0.3) is 0 Å². The Hall–Kier alpha value is -2.88. The Morgan fingerprint density at radius 1 is 1.05 bits per heavy atom. The number of thiophene rings is 1. The Morgan fingerprint density at radius 2 is 1.78 bits per heavy atom. The van der Waals surface area contributed by atoms with Crippen molar-refractivity contribution in [3.8, 4) is 0 Å². The average Bonchev–Trinajstić information content (AvgIpc) is 3.23. The lowest BCUT2D eigenvalue weighted by Gasteiger charge is -2.15. The molecule has 1 atom stereocenters. The predicted molar refractivity (Wildman–Crippen MR) is 158 cm³/mol. The molecule has 9 heteroatoms. The second kappa shape index (κ2) is 12.6. The summed E-state index contributed by atoms with van der Waals surface area (Å²) in [4.78, 5) is 27.9. The van der Waals surface area contributed by atoms with Crippen LogP contribution >= 0.6 is 35.3 Å². The van der Waals surface area contributed by atoms with E-state index in [0.29, 0.717) is 22.3 Å². The van der Waals surface area contributed by atoms with Gasteiger partial charge in [0.2, 0.25) is 5.91 Å². The van der Waals surface area contributed by atoms with Crippen molar-refractivity contribution < 1.29 is 14.3 Å². The van der Waals surface area contributed by atoms with Gasteiger partial charge >= 0.3 is 5.97 Å². The summed E-state index contributed by atoms with van der Waals surface area (Å²) in [6, 6.07) is 15.8. The lowest BCUT2D eigenvalue weighted by molar-refractivity contribution is -0.115. The van der Waals surface area contributed by atoms with Crippen LogP contribution in [-0.4, -0.2) is 28.8 Å². The highest BCUT2D eigenvalue weighted by Crippen LogP contribution is 2.39. The molecule has 1 aliphatic carbocycles. The summed E-state index contributed by atoms with van der Waals surface area (Å²) in [5.74, 6) is -0.504. The highest BCUT2D eigenvalue weighted by molar-refractivity contribution is 8.00. The molecule has 6 nitrogen and oxygen atoms in total. The van der Waals surface area contributed by atoms with Crippen molar-refractivity contribution in [2.45, 2.75) is 56.6 Å². The van der Waals surface area contributed by atoms with E-state index >= 15 is 0 Å². The number of nitrogens with one attached hydrogen (secondary N) is 3. The smallest absolute Gasteiger partial charge is 0.341 e. The summed E-state index contributed by atoms with van der Waals surface area (Å²) in [6.45, 7) is 6.00. The fourth-order valence-corrected chi connectivity index (χ4v) is 6.56. The number of carbonyl (C=O) groups excluding carboxylic acids is 2. The second-order valence-electron chi connectivity index (χ2n) is 8.86. The number of carbonyl (C=O) groups is 2. The Labute approximate surface area is 231 Å². The standard InChI is InChI=1S/C28H31N3O3S3/c1-4-34-27(33)24-22-10-5-6-11-23(22)37-26(24)31-25(32)18(3)36-21-9-7-8-20(16-21)30-28(35)29-19-14-12-17(2)13-15-19/h7-9,12-16,18H,4-6,10-11H2,1-3H3,(H,31,32)(H2,29,30,35). The van der Waals surface area contributed by atoms with Gasteiger partial charge in [-0.05, 0) is 94.6 Å². The minimum absolute atomic E-state index is 0.149. The third-order valence-electron chi connectivity index (χ3n) is 5.97. The Morgan fingerprint density at radius 3 is 2.54 bits per heavy atom. The van der Waals surface area contributed by atoms with Crippen molar-refractivity contribution in [2.75, 3.05) is 22.6 Å². The molecule has 4 rings (SSSR count). The van der Waals surface area contributed by atoms with Gasteiger partial charge < -0.3 is 20.7 Å². The molecule has 0 spiro atoms. The van der Waals surface area contributed by atoms with Crippen LogP contribution in [0.15, 0.2) is 53.4 Å². The Kier molecular flexibility index (Phi) is 9.23. The predicted octanol–water partition coefficient (Wildman–Crippen LogP) is 7.04. The van der Waals surface area contributed by atoms with E-state index in [1.165, 1.54) is 33.5 Å². The van der Waals surface area contributed by atoms with Gasteiger partial charge in [-0.15, -0.1) is 23.1 Å². The number of aryl methyl sites for hydroxylation is 2. The zero-order chi connectivity index (χ0) is 26.4.